The maximum Gasteiger partial charge on any atom is 0.272 e. The van der Waals surface area contributed by atoms with Crippen molar-refractivity contribution in [3.8, 4) is 0 Å². The zero-order valence-corrected chi connectivity index (χ0v) is 15.2. The van der Waals surface area contributed by atoms with Crippen LogP contribution in [0.25, 0.3) is 10.8 Å². The molecule has 0 radical (unpaired) electrons. The average Bonchev–Trinajstić information content (AvgIpc) is 2.99. The van der Waals surface area contributed by atoms with Crippen molar-refractivity contribution < 1.29 is 4.79 Å². The Morgan fingerprint density at radius 3 is 2.77 bits per heavy atom. The Kier molecular flexibility index (Phi) is 5.16. The molecule has 0 fully saturated rings. The number of amides is 1. The molecule has 2 N–H and O–H groups in total. The number of benzene rings is 1. The van der Waals surface area contributed by atoms with E-state index in [2.05, 4.69) is 27.5 Å². The van der Waals surface area contributed by atoms with Gasteiger partial charge < -0.3 is 5.32 Å². The zero-order chi connectivity index (χ0) is 18.7. The third-order valence-electron chi connectivity index (χ3n) is 4.52. The van der Waals surface area contributed by atoms with Gasteiger partial charge in [-0.2, -0.15) is 10.2 Å². The molecule has 0 bridgehead atoms. The van der Waals surface area contributed by atoms with E-state index in [1.807, 2.05) is 23.7 Å². The van der Waals surface area contributed by atoms with Crippen molar-refractivity contribution in [3.05, 3.63) is 52.1 Å². The van der Waals surface area contributed by atoms with Gasteiger partial charge in [0.2, 0.25) is 5.91 Å². The Hall–Kier alpha value is -2.96. The molecule has 1 atom stereocenters. The van der Waals surface area contributed by atoms with Crippen LogP contribution in [0.2, 0.25) is 0 Å². The minimum absolute atomic E-state index is 0.184. The fourth-order valence-electron chi connectivity index (χ4n) is 2.93. The van der Waals surface area contributed by atoms with Crippen LogP contribution in [0.15, 0.2) is 35.3 Å². The molecule has 136 valence electrons. The molecular weight excluding hydrogens is 330 g/mol. The molecule has 0 saturated carbocycles. The largest absolute Gasteiger partial charge is 0.310 e. The standard InChI is InChI=1S/C19H23N5O2/c1-4-5-10-24-17(12(2)11-20-24)21-18(25)13(3)16-14-8-6-7-9-15(14)19(26)23-22-16/h6-9,11,13H,4-5,10H2,1-3H3,(H,21,25)(H,23,26). The van der Waals surface area contributed by atoms with Crippen molar-refractivity contribution in [1.29, 1.82) is 0 Å². The van der Waals surface area contributed by atoms with Crippen LogP contribution in [0.3, 0.4) is 0 Å². The number of hydrogen-bond acceptors (Lipinski definition) is 4. The van der Waals surface area contributed by atoms with Crippen LogP contribution in [-0.4, -0.2) is 25.9 Å². The Morgan fingerprint density at radius 1 is 1.31 bits per heavy atom. The minimum atomic E-state index is -0.523. The molecular formula is C19H23N5O2. The van der Waals surface area contributed by atoms with Gasteiger partial charge in [0.15, 0.2) is 0 Å². The number of anilines is 1. The van der Waals surface area contributed by atoms with Gasteiger partial charge in [-0.15, -0.1) is 0 Å². The third-order valence-corrected chi connectivity index (χ3v) is 4.52. The van der Waals surface area contributed by atoms with E-state index in [-0.39, 0.29) is 11.5 Å². The van der Waals surface area contributed by atoms with Crippen molar-refractivity contribution in [2.24, 2.45) is 0 Å². The van der Waals surface area contributed by atoms with Gasteiger partial charge in [0, 0.05) is 17.5 Å². The quantitative estimate of drug-likeness (QED) is 0.712. The van der Waals surface area contributed by atoms with Crippen LogP contribution < -0.4 is 10.9 Å². The van der Waals surface area contributed by atoms with E-state index in [0.29, 0.717) is 22.3 Å². The zero-order valence-electron chi connectivity index (χ0n) is 15.2. The molecule has 0 spiro atoms. The summed E-state index contributed by atoms with van der Waals surface area (Å²) in [4.78, 5) is 24.8. The number of carbonyl (C=O) groups is 1. The molecule has 0 aliphatic rings. The lowest BCUT2D eigenvalue weighted by molar-refractivity contribution is -0.117. The van der Waals surface area contributed by atoms with Crippen LogP contribution in [-0.2, 0) is 11.3 Å². The van der Waals surface area contributed by atoms with Crippen LogP contribution in [0.5, 0.6) is 0 Å². The smallest absolute Gasteiger partial charge is 0.272 e. The van der Waals surface area contributed by atoms with Crippen molar-refractivity contribution in [1.82, 2.24) is 20.0 Å². The normalized spacial score (nSPS) is 12.3. The van der Waals surface area contributed by atoms with E-state index in [9.17, 15) is 9.59 Å². The van der Waals surface area contributed by atoms with Crippen molar-refractivity contribution in [3.63, 3.8) is 0 Å². The molecule has 0 aliphatic heterocycles. The number of hydrogen-bond donors (Lipinski definition) is 2. The summed E-state index contributed by atoms with van der Waals surface area (Å²) in [7, 11) is 0. The van der Waals surface area contributed by atoms with Gasteiger partial charge in [-0.1, -0.05) is 31.5 Å². The van der Waals surface area contributed by atoms with E-state index >= 15 is 0 Å². The molecule has 7 heteroatoms. The molecule has 3 rings (SSSR count). The minimum Gasteiger partial charge on any atom is -0.310 e. The Bertz CT molecular complexity index is 989. The molecule has 2 heterocycles. The van der Waals surface area contributed by atoms with Crippen molar-refractivity contribution in [2.45, 2.75) is 46.1 Å². The maximum atomic E-state index is 12.8. The Balaban J connectivity index is 1.89. The van der Waals surface area contributed by atoms with Gasteiger partial charge in [0.05, 0.1) is 23.2 Å². The lowest BCUT2D eigenvalue weighted by Gasteiger charge is -2.15. The summed E-state index contributed by atoms with van der Waals surface area (Å²) in [6, 6.07) is 7.17. The van der Waals surface area contributed by atoms with E-state index in [1.54, 1.807) is 25.3 Å². The van der Waals surface area contributed by atoms with Crippen molar-refractivity contribution >= 4 is 22.5 Å². The average molecular weight is 353 g/mol. The lowest BCUT2D eigenvalue weighted by Crippen LogP contribution is -2.24. The molecule has 0 aliphatic carbocycles. The molecule has 0 saturated heterocycles. The van der Waals surface area contributed by atoms with Crippen LogP contribution in [0.1, 0.15) is 43.9 Å². The summed E-state index contributed by atoms with van der Waals surface area (Å²) >= 11 is 0. The lowest BCUT2D eigenvalue weighted by atomic mass is 10.0. The van der Waals surface area contributed by atoms with Gasteiger partial charge in [0.1, 0.15) is 5.82 Å². The van der Waals surface area contributed by atoms with Gasteiger partial charge in [-0.05, 0) is 26.3 Å². The second-order valence-corrected chi connectivity index (χ2v) is 6.45. The number of aromatic amines is 1. The molecule has 1 unspecified atom stereocenters. The number of carbonyl (C=O) groups excluding carboxylic acids is 1. The molecule has 7 nitrogen and oxygen atoms in total. The van der Waals surface area contributed by atoms with Gasteiger partial charge in [0.25, 0.3) is 5.56 Å². The first-order chi connectivity index (χ1) is 12.5. The highest BCUT2D eigenvalue weighted by Gasteiger charge is 2.22. The van der Waals surface area contributed by atoms with Crippen LogP contribution in [0.4, 0.5) is 5.82 Å². The van der Waals surface area contributed by atoms with Gasteiger partial charge >= 0.3 is 0 Å². The second-order valence-electron chi connectivity index (χ2n) is 6.45. The van der Waals surface area contributed by atoms with E-state index in [1.165, 1.54) is 0 Å². The first kappa shape index (κ1) is 17.8. The van der Waals surface area contributed by atoms with E-state index < -0.39 is 5.92 Å². The maximum absolute atomic E-state index is 12.8. The number of unbranched alkanes of at least 4 members (excludes halogenated alkanes) is 1. The predicted octanol–water partition coefficient (Wildman–Crippen LogP) is 2.97. The topological polar surface area (TPSA) is 92.7 Å². The summed E-state index contributed by atoms with van der Waals surface area (Å²) in [5.41, 5.74) is 1.21. The number of fused-ring (bicyclic) bond motifs is 1. The Labute approximate surface area is 151 Å². The molecule has 1 amide bonds. The number of rotatable bonds is 6. The van der Waals surface area contributed by atoms with Crippen LogP contribution >= 0.6 is 0 Å². The Morgan fingerprint density at radius 2 is 2.04 bits per heavy atom. The summed E-state index contributed by atoms with van der Waals surface area (Å²) in [6.07, 6.45) is 3.80. The molecule has 1 aromatic carbocycles. The summed E-state index contributed by atoms with van der Waals surface area (Å²) in [5.74, 6) is 0.00533. The number of H-pyrrole nitrogens is 1. The highest BCUT2D eigenvalue weighted by atomic mass is 16.2. The van der Waals surface area contributed by atoms with Gasteiger partial charge in [-0.3, -0.25) is 9.59 Å². The highest BCUT2D eigenvalue weighted by molar-refractivity contribution is 5.98. The number of nitrogens with one attached hydrogen (secondary N) is 2. The predicted molar refractivity (Wildman–Crippen MR) is 101 cm³/mol. The fourth-order valence-corrected chi connectivity index (χ4v) is 2.93. The number of aromatic nitrogens is 4. The van der Waals surface area contributed by atoms with Crippen molar-refractivity contribution in [2.75, 3.05) is 5.32 Å². The SMILES string of the molecule is CCCCn1ncc(C)c1NC(=O)C(C)c1n[nH]c(=O)c2ccccc12. The van der Waals surface area contributed by atoms with Gasteiger partial charge in [-0.25, -0.2) is 9.78 Å². The molecule has 3 aromatic rings. The first-order valence-electron chi connectivity index (χ1n) is 8.83. The fraction of sp³-hybridized carbons (Fsp3) is 0.368. The second kappa shape index (κ2) is 7.51. The third kappa shape index (κ3) is 3.37. The first-order valence-corrected chi connectivity index (χ1v) is 8.83. The van der Waals surface area contributed by atoms with Crippen LogP contribution in [0, 0.1) is 6.92 Å². The number of aryl methyl sites for hydroxylation is 2. The molecule has 26 heavy (non-hydrogen) atoms. The monoisotopic (exact) mass is 353 g/mol. The highest BCUT2D eigenvalue weighted by Crippen LogP contribution is 2.23. The van der Waals surface area contributed by atoms with E-state index in [4.69, 9.17) is 0 Å². The summed E-state index contributed by atoms with van der Waals surface area (Å²) in [6.45, 7) is 6.58. The number of nitrogens with zero attached hydrogens (tertiary/aromatic N) is 3. The summed E-state index contributed by atoms with van der Waals surface area (Å²) < 4.78 is 1.82. The molecule has 2 aromatic heterocycles. The summed E-state index contributed by atoms with van der Waals surface area (Å²) in [5, 5.41) is 15.1. The van der Waals surface area contributed by atoms with E-state index in [0.717, 1.165) is 24.9 Å².